The van der Waals surface area contributed by atoms with Gasteiger partial charge in [-0.15, -0.1) is 0 Å². The molecule has 1 heterocycles. The van der Waals surface area contributed by atoms with Gasteiger partial charge in [0.25, 0.3) is 0 Å². The maximum absolute atomic E-state index is 3.83. The summed E-state index contributed by atoms with van der Waals surface area (Å²) in [6, 6.07) is 0.639. The molecule has 120 valence electrons. The number of rotatable bonds is 8. The number of likely N-dealkylation sites (tertiary alicyclic amines) is 1. The fraction of sp³-hybridized carbons (Fsp3) is 1.00. The Balaban J connectivity index is 2.86. The van der Waals surface area contributed by atoms with Crippen molar-refractivity contribution >= 4 is 0 Å². The van der Waals surface area contributed by atoms with Crippen LogP contribution in [0, 0.1) is 5.41 Å². The Morgan fingerprint density at radius 3 is 1.95 bits per heavy atom. The third kappa shape index (κ3) is 4.46. The summed E-state index contributed by atoms with van der Waals surface area (Å²) in [6.07, 6.45) is 7.92. The smallest absolute Gasteiger partial charge is 0.0357 e. The Bertz CT molecular complexity index is 257. The summed E-state index contributed by atoms with van der Waals surface area (Å²) in [4.78, 5) is 2.79. The van der Waals surface area contributed by atoms with E-state index in [1.54, 1.807) is 0 Å². The number of hydrogen-bond acceptors (Lipinski definition) is 2. The van der Waals surface area contributed by atoms with Crippen LogP contribution in [-0.4, -0.2) is 36.1 Å². The van der Waals surface area contributed by atoms with Crippen molar-refractivity contribution in [2.75, 3.05) is 19.6 Å². The van der Waals surface area contributed by atoms with Crippen LogP contribution in [-0.2, 0) is 0 Å². The summed E-state index contributed by atoms with van der Waals surface area (Å²) in [5.74, 6) is 0. The fourth-order valence-corrected chi connectivity index (χ4v) is 3.96. The maximum Gasteiger partial charge on any atom is 0.0357 e. The molecule has 1 aliphatic heterocycles. The van der Waals surface area contributed by atoms with Gasteiger partial charge in [-0.25, -0.2) is 0 Å². The monoisotopic (exact) mass is 282 g/mol. The van der Waals surface area contributed by atoms with Gasteiger partial charge in [-0.2, -0.15) is 0 Å². The molecule has 0 amide bonds. The van der Waals surface area contributed by atoms with Gasteiger partial charge in [0.1, 0.15) is 0 Å². The van der Waals surface area contributed by atoms with Gasteiger partial charge < -0.3 is 5.32 Å². The summed E-state index contributed by atoms with van der Waals surface area (Å²) < 4.78 is 0. The minimum Gasteiger partial charge on any atom is -0.312 e. The Labute approximate surface area is 127 Å². The van der Waals surface area contributed by atoms with E-state index in [4.69, 9.17) is 0 Å². The summed E-state index contributed by atoms with van der Waals surface area (Å²) in [5.41, 5.74) is 0.809. The molecule has 0 aromatic carbocycles. The lowest BCUT2D eigenvalue weighted by Gasteiger charge is -2.48. The Hall–Kier alpha value is -0.0800. The third-order valence-electron chi connectivity index (χ3n) is 5.24. The average Bonchev–Trinajstić information content (AvgIpc) is 2.91. The molecule has 1 N–H and O–H groups in total. The molecule has 1 aliphatic rings. The van der Waals surface area contributed by atoms with E-state index in [0.29, 0.717) is 17.0 Å². The molecule has 1 unspecified atom stereocenters. The highest BCUT2D eigenvalue weighted by atomic mass is 15.2. The van der Waals surface area contributed by atoms with Crippen molar-refractivity contribution in [1.29, 1.82) is 0 Å². The van der Waals surface area contributed by atoms with Crippen molar-refractivity contribution in [2.45, 2.75) is 91.6 Å². The summed E-state index contributed by atoms with van der Waals surface area (Å²) in [5, 5.41) is 3.83. The molecule has 0 bridgehead atoms. The lowest BCUT2D eigenvalue weighted by atomic mass is 9.77. The summed E-state index contributed by atoms with van der Waals surface area (Å²) in [7, 11) is 0. The largest absolute Gasteiger partial charge is 0.312 e. The number of nitrogens with one attached hydrogen (secondary N) is 1. The standard InChI is InChI=1S/C18H38N2/c1-7-18(8-2,20-14-10-11-15-20)16(19-9-3)12-13-17(4,5)6/h16,19H,7-15H2,1-6H3. The first-order valence-electron chi connectivity index (χ1n) is 8.88. The van der Waals surface area contributed by atoms with Gasteiger partial charge in [0.15, 0.2) is 0 Å². The number of likely N-dealkylation sites (N-methyl/N-ethyl adjacent to an activating group) is 1. The molecule has 1 saturated heterocycles. The van der Waals surface area contributed by atoms with Crippen molar-refractivity contribution < 1.29 is 0 Å². The van der Waals surface area contributed by atoms with Crippen LogP contribution in [0.1, 0.15) is 80.1 Å². The molecule has 0 aromatic heterocycles. The molecule has 2 heteroatoms. The zero-order chi connectivity index (χ0) is 15.2. The van der Waals surface area contributed by atoms with Gasteiger partial charge in [-0.05, 0) is 63.6 Å². The first kappa shape index (κ1) is 18.0. The van der Waals surface area contributed by atoms with Crippen molar-refractivity contribution in [3.05, 3.63) is 0 Å². The van der Waals surface area contributed by atoms with E-state index in [2.05, 4.69) is 51.8 Å². The van der Waals surface area contributed by atoms with Crippen molar-refractivity contribution in [3.63, 3.8) is 0 Å². The first-order chi connectivity index (χ1) is 9.39. The zero-order valence-corrected chi connectivity index (χ0v) is 14.9. The summed E-state index contributed by atoms with van der Waals surface area (Å²) >= 11 is 0. The lowest BCUT2D eigenvalue weighted by Crippen LogP contribution is -2.60. The molecule has 0 spiro atoms. The van der Waals surface area contributed by atoms with Crippen molar-refractivity contribution in [2.24, 2.45) is 5.41 Å². The van der Waals surface area contributed by atoms with Crippen LogP contribution in [0.25, 0.3) is 0 Å². The molecule has 0 radical (unpaired) electrons. The first-order valence-corrected chi connectivity index (χ1v) is 8.88. The van der Waals surface area contributed by atoms with Gasteiger partial charge in [-0.3, -0.25) is 4.90 Å². The Morgan fingerprint density at radius 2 is 1.55 bits per heavy atom. The van der Waals surface area contributed by atoms with E-state index >= 15 is 0 Å². The second-order valence-corrected chi connectivity index (χ2v) is 7.71. The molecular weight excluding hydrogens is 244 g/mol. The van der Waals surface area contributed by atoms with Crippen LogP contribution < -0.4 is 5.32 Å². The SMILES string of the molecule is CCNC(CCC(C)(C)C)C(CC)(CC)N1CCCC1. The molecule has 0 saturated carbocycles. The van der Waals surface area contributed by atoms with E-state index in [1.807, 2.05) is 0 Å². The van der Waals surface area contributed by atoms with E-state index in [0.717, 1.165) is 6.54 Å². The molecule has 20 heavy (non-hydrogen) atoms. The quantitative estimate of drug-likeness (QED) is 0.708. The molecule has 2 nitrogen and oxygen atoms in total. The van der Waals surface area contributed by atoms with E-state index < -0.39 is 0 Å². The molecule has 0 aliphatic carbocycles. The van der Waals surface area contributed by atoms with E-state index in [1.165, 1.54) is 51.6 Å². The van der Waals surface area contributed by atoms with Crippen LogP contribution >= 0.6 is 0 Å². The second kappa shape index (κ2) is 7.79. The highest BCUT2D eigenvalue weighted by Gasteiger charge is 2.41. The number of nitrogens with zero attached hydrogens (tertiary/aromatic N) is 1. The Kier molecular flexibility index (Phi) is 7.00. The minimum atomic E-state index is 0.373. The van der Waals surface area contributed by atoms with Crippen LogP contribution in [0.2, 0.25) is 0 Å². The molecule has 1 fully saturated rings. The zero-order valence-electron chi connectivity index (χ0n) is 14.9. The predicted molar refractivity (Wildman–Crippen MR) is 90.3 cm³/mol. The maximum atomic E-state index is 3.83. The van der Waals surface area contributed by atoms with Gasteiger partial charge in [0, 0.05) is 11.6 Å². The second-order valence-electron chi connectivity index (χ2n) is 7.71. The topological polar surface area (TPSA) is 15.3 Å². The normalized spacial score (nSPS) is 19.5. The molecule has 1 rings (SSSR count). The van der Waals surface area contributed by atoms with E-state index in [-0.39, 0.29) is 0 Å². The fourth-order valence-electron chi connectivity index (χ4n) is 3.96. The van der Waals surface area contributed by atoms with Gasteiger partial charge in [0.05, 0.1) is 0 Å². The number of hydrogen-bond donors (Lipinski definition) is 1. The summed E-state index contributed by atoms with van der Waals surface area (Å²) in [6.45, 7) is 17.8. The molecular formula is C18H38N2. The van der Waals surface area contributed by atoms with Gasteiger partial charge in [0.2, 0.25) is 0 Å². The van der Waals surface area contributed by atoms with Crippen LogP contribution in [0.5, 0.6) is 0 Å². The van der Waals surface area contributed by atoms with Crippen molar-refractivity contribution in [1.82, 2.24) is 10.2 Å². The van der Waals surface area contributed by atoms with Crippen LogP contribution in [0.3, 0.4) is 0 Å². The lowest BCUT2D eigenvalue weighted by molar-refractivity contribution is 0.0546. The highest BCUT2D eigenvalue weighted by molar-refractivity contribution is 5.00. The van der Waals surface area contributed by atoms with Crippen molar-refractivity contribution in [3.8, 4) is 0 Å². The third-order valence-corrected chi connectivity index (χ3v) is 5.24. The molecule has 1 atom stereocenters. The Morgan fingerprint density at radius 1 is 1.00 bits per heavy atom. The van der Waals surface area contributed by atoms with Crippen LogP contribution in [0.15, 0.2) is 0 Å². The van der Waals surface area contributed by atoms with E-state index in [9.17, 15) is 0 Å². The minimum absolute atomic E-state index is 0.373. The average molecular weight is 283 g/mol. The van der Waals surface area contributed by atoms with Gasteiger partial charge in [-0.1, -0.05) is 41.5 Å². The van der Waals surface area contributed by atoms with Gasteiger partial charge >= 0.3 is 0 Å². The molecule has 0 aromatic rings. The van der Waals surface area contributed by atoms with Crippen LogP contribution in [0.4, 0.5) is 0 Å². The highest BCUT2D eigenvalue weighted by Crippen LogP contribution is 2.35. The predicted octanol–water partition coefficient (Wildman–Crippen LogP) is 4.45.